The average Bonchev–Trinajstić information content (AvgIpc) is 3.30. The highest BCUT2D eigenvalue weighted by Crippen LogP contribution is 2.40. The van der Waals surface area contributed by atoms with Crippen LogP contribution in [0.2, 0.25) is 0 Å². The Morgan fingerprint density at radius 1 is 1.11 bits per heavy atom. The number of benzene rings is 2. The van der Waals surface area contributed by atoms with Crippen LogP contribution in [0.1, 0.15) is 35.4 Å². The molecule has 3 rings (SSSR count). The van der Waals surface area contributed by atoms with Crippen molar-refractivity contribution in [3.8, 4) is 6.07 Å². The predicted molar refractivity (Wildman–Crippen MR) is 76.9 cm³/mol. The standard InChI is InChI=1S/C17H16N2/c18-11-13-3-2-6-17(10-13)19-12-14-4-1-5-16(9-14)15-7-8-15/h1-6,9-10,15,19H,7-8,12H2. The SMILES string of the molecule is N#Cc1cccc(NCc2cccc(C3CC3)c2)c1. The molecule has 2 nitrogen and oxygen atoms in total. The first-order chi connectivity index (χ1) is 9.35. The van der Waals surface area contributed by atoms with Gasteiger partial charge in [-0.3, -0.25) is 0 Å². The fourth-order valence-corrected chi connectivity index (χ4v) is 2.28. The Hall–Kier alpha value is -2.27. The van der Waals surface area contributed by atoms with Gasteiger partial charge in [-0.2, -0.15) is 5.26 Å². The molecule has 0 aromatic heterocycles. The normalized spacial score (nSPS) is 13.8. The van der Waals surface area contributed by atoms with E-state index in [0.717, 1.165) is 18.2 Å². The van der Waals surface area contributed by atoms with Gasteiger partial charge in [-0.25, -0.2) is 0 Å². The van der Waals surface area contributed by atoms with Crippen LogP contribution >= 0.6 is 0 Å². The fraction of sp³-hybridized carbons (Fsp3) is 0.235. The summed E-state index contributed by atoms with van der Waals surface area (Å²) in [6, 6.07) is 18.5. The quantitative estimate of drug-likeness (QED) is 0.886. The van der Waals surface area contributed by atoms with Crippen molar-refractivity contribution in [3.05, 3.63) is 65.2 Å². The van der Waals surface area contributed by atoms with Crippen LogP contribution in [0, 0.1) is 11.3 Å². The average molecular weight is 248 g/mol. The smallest absolute Gasteiger partial charge is 0.0992 e. The van der Waals surface area contributed by atoms with E-state index in [1.54, 1.807) is 0 Å². The van der Waals surface area contributed by atoms with Crippen LogP contribution in [0.5, 0.6) is 0 Å². The van der Waals surface area contributed by atoms with Gasteiger partial charge in [0.05, 0.1) is 11.6 Å². The molecule has 0 heterocycles. The third kappa shape index (κ3) is 2.95. The van der Waals surface area contributed by atoms with E-state index in [2.05, 4.69) is 35.7 Å². The van der Waals surface area contributed by atoms with Crippen LogP contribution in [-0.4, -0.2) is 0 Å². The van der Waals surface area contributed by atoms with E-state index in [4.69, 9.17) is 5.26 Å². The molecule has 0 spiro atoms. The molecule has 0 unspecified atom stereocenters. The van der Waals surface area contributed by atoms with Crippen LogP contribution in [0.4, 0.5) is 5.69 Å². The van der Waals surface area contributed by atoms with Crippen LogP contribution in [0.25, 0.3) is 0 Å². The Labute approximate surface area is 113 Å². The topological polar surface area (TPSA) is 35.8 Å². The van der Waals surface area contributed by atoms with E-state index in [1.165, 1.54) is 24.0 Å². The molecule has 1 N–H and O–H groups in total. The zero-order valence-corrected chi connectivity index (χ0v) is 10.8. The molecule has 0 aliphatic heterocycles. The number of nitrogens with one attached hydrogen (secondary N) is 1. The number of anilines is 1. The van der Waals surface area contributed by atoms with Gasteiger partial charge in [-0.15, -0.1) is 0 Å². The lowest BCUT2D eigenvalue weighted by molar-refractivity contribution is 1.08. The van der Waals surface area contributed by atoms with Gasteiger partial charge in [0.2, 0.25) is 0 Å². The third-order valence-corrected chi connectivity index (χ3v) is 3.49. The zero-order valence-electron chi connectivity index (χ0n) is 10.8. The van der Waals surface area contributed by atoms with Gasteiger partial charge in [0.1, 0.15) is 0 Å². The fourth-order valence-electron chi connectivity index (χ4n) is 2.28. The minimum atomic E-state index is 0.691. The number of nitriles is 1. The molecule has 0 amide bonds. The first kappa shape index (κ1) is 11.8. The number of hydrogen-bond donors (Lipinski definition) is 1. The van der Waals surface area contributed by atoms with Crippen molar-refractivity contribution < 1.29 is 0 Å². The maximum Gasteiger partial charge on any atom is 0.0992 e. The Kier molecular flexibility index (Phi) is 3.20. The van der Waals surface area contributed by atoms with E-state index in [1.807, 2.05) is 24.3 Å². The Morgan fingerprint density at radius 3 is 2.74 bits per heavy atom. The highest BCUT2D eigenvalue weighted by atomic mass is 14.9. The van der Waals surface area contributed by atoms with Gasteiger partial charge >= 0.3 is 0 Å². The van der Waals surface area contributed by atoms with E-state index < -0.39 is 0 Å². The van der Waals surface area contributed by atoms with Crippen molar-refractivity contribution in [3.63, 3.8) is 0 Å². The van der Waals surface area contributed by atoms with Crippen LogP contribution in [0.15, 0.2) is 48.5 Å². The summed E-state index contributed by atoms with van der Waals surface area (Å²) in [4.78, 5) is 0. The molecular weight excluding hydrogens is 232 g/mol. The second-order valence-corrected chi connectivity index (χ2v) is 5.07. The molecule has 1 fully saturated rings. The molecule has 1 saturated carbocycles. The van der Waals surface area contributed by atoms with Gasteiger partial charge in [0.15, 0.2) is 0 Å². The highest BCUT2D eigenvalue weighted by Gasteiger charge is 2.23. The molecule has 1 aliphatic carbocycles. The zero-order chi connectivity index (χ0) is 13.1. The maximum absolute atomic E-state index is 8.87. The van der Waals surface area contributed by atoms with Gasteiger partial charge in [0.25, 0.3) is 0 Å². The summed E-state index contributed by atoms with van der Waals surface area (Å²) in [6.45, 7) is 0.801. The summed E-state index contributed by atoms with van der Waals surface area (Å²) in [5.74, 6) is 0.793. The van der Waals surface area contributed by atoms with Gasteiger partial charge in [-0.05, 0) is 48.1 Å². The lowest BCUT2D eigenvalue weighted by Gasteiger charge is -2.08. The summed E-state index contributed by atoms with van der Waals surface area (Å²) < 4.78 is 0. The molecule has 0 saturated heterocycles. The Balaban J connectivity index is 1.68. The van der Waals surface area contributed by atoms with Crippen molar-refractivity contribution in [2.24, 2.45) is 0 Å². The van der Waals surface area contributed by atoms with E-state index in [-0.39, 0.29) is 0 Å². The molecule has 0 radical (unpaired) electrons. The van der Waals surface area contributed by atoms with Crippen molar-refractivity contribution in [1.82, 2.24) is 0 Å². The van der Waals surface area contributed by atoms with Gasteiger partial charge < -0.3 is 5.32 Å². The lowest BCUT2D eigenvalue weighted by atomic mass is 10.1. The van der Waals surface area contributed by atoms with Crippen molar-refractivity contribution in [1.29, 1.82) is 5.26 Å². The summed E-state index contributed by atoms with van der Waals surface area (Å²) in [5, 5.41) is 12.2. The van der Waals surface area contributed by atoms with E-state index in [0.29, 0.717) is 5.56 Å². The van der Waals surface area contributed by atoms with Crippen molar-refractivity contribution in [2.45, 2.75) is 25.3 Å². The first-order valence-electron chi connectivity index (χ1n) is 6.68. The summed E-state index contributed by atoms with van der Waals surface area (Å²) in [6.07, 6.45) is 2.67. The summed E-state index contributed by atoms with van der Waals surface area (Å²) in [7, 11) is 0. The molecular formula is C17H16N2. The Bertz CT molecular complexity index is 621. The summed E-state index contributed by atoms with van der Waals surface area (Å²) >= 11 is 0. The van der Waals surface area contributed by atoms with Crippen LogP contribution in [0.3, 0.4) is 0 Å². The molecule has 0 bridgehead atoms. The van der Waals surface area contributed by atoms with Gasteiger partial charge in [0, 0.05) is 12.2 Å². The minimum Gasteiger partial charge on any atom is -0.381 e. The molecule has 2 aromatic carbocycles. The number of rotatable bonds is 4. The molecule has 94 valence electrons. The molecule has 2 aromatic rings. The molecule has 0 atom stereocenters. The van der Waals surface area contributed by atoms with Gasteiger partial charge in [-0.1, -0.05) is 30.3 Å². The Morgan fingerprint density at radius 2 is 1.95 bits per heavy atom. The lowest BCUT2D eigenvalue weighted by Crippen LogP contribution is -2.00. The van der Waals surface area contributed by atoms with Crippen LogP contribution in [-0.2, 0) is 6.54 Å². The monoisotopic (exact) mass is 248 g/mol. The van der Waals surface area contributed by atoms with E-state index in [9.17, 15) is 0 Å². The summed E-state index contributed by atoms with van der Waals surface area (Å²) in [5.41, 5.74) is 4.45. The second-order valence-electron chi connectivity index (χ2n) is 5.07. The number of hydrogen-bond acceptors (Lipinski definition) is 2. The number of nitrogens with zero attached hydrogens (tertiary/aromatic N) is 1. The predicted octanol–water partition coefficient (Wildman–Crippen LogP) is 4.05. The highest BCUT2D eigenvalue weighted by molar-refractivity contribution is 5.49. The minimum absolute atomic E-state index is 0.691. The largest absolute Gasteiger partial charge is 0.381 e. The van der Waals surface area contributed by atoms with E-state index >= 15 is 0 Å². The van der Waals surface area contributed by atoms with Crippen LogP contribution < -0.4 is 5.32 Å². The second kappa shape index (κ2) is 5.16. The van der Waals surface area contributed by atoms with Crippen molar-refractivity contribution >= 4 is 5.69 Å². The maximum atomic E-state index is 8.87. The molecule has 1 aliphatic rings. The van der Waals surface area contributed by atoms with Crippen molar-refractivity contribution in [2.75, 3.05) is 5.32 Å². The first-order valence-corrected chi connectivity index (χ1v) is 6.68. The third-order valence-electron chi connectivity index (χ3n) is 3.49. The molecule has 2 heteroatoms. The molecule has 19 heavy (non-hydrogen) atoms.